The van der Waals surface area contributed by atoms with Gasteiger partial charge in [-0.05, 0) is 43.9 Å². The normalized spacial score (nSPS) is 24.8. The first-order chi connectivity index (χ1) is 15.1. The molecule has 0 spiro atoms. The summed E-state index contributed by atoms with van der Waals surface area (Å²) in [4.78, 5) is 31.4. The van der Waals surface area contributed by atoms with Gasteiger partial charge in [-0.2, -0.15) is 4.98 Å². The fraction of sp³-hybridized carbons (Fsp3) is 0.545. The highest BCUT2D eigenvalue weighted by Gasteiger charge is 2.45. The van der Waals surface area contributed by atoms with E-state index in [1.807, 2.05) is 18.2 Å². The van der Waals surface area contributed by atoms with Crippen LogP contribution in [0.25, 0.3) is 11.4 Å². The topological polar surface area (TPSA) is 107 Å². The summed E-state index contributed by atoms with van der Waals surface area (Å²) >= 11 is 0. The molecule has 1 aromatic carbocycles. The number of ether oxygens (including phenoxy) is 2. The summed E-state index contributed by atoms with van der Waals surface area (Å²) in [5, 5.41) is 7.17. The summed E-state index contributed by atoms with van der Waals surface area (Å²) in [5.74, 6) is 2.18. The molecule has 9 nitrogen and oxygen atoms in total. The van der Waals surface area contributed by atoms with Gasteiger partial charge in [0.1, 0.15) is 0 Å². The highest BCUT2D eigenvalue weighted by Crippen LogP contribution is 2.39. The molecule has 3 aliphatic rings. The van der Waals surface area contributed by atoms with E-state index in [1.54, 1.807) is 0 Å². The van der Waals surface area contributed by atoms with Crippen molar-refractivity contribution in [3.8, 4) is 22.9 Å². The Bertz CT molecular complexity index is 990. The molecule has 3 unspecified atom stereocenters. The standard InChI is InChI=1S/C22H26N4O5/c1-2-3-4-9-26-21(27)15-7-5-14(10-16(15)23-22(26)28)20-24-19(25-31-20)13-6-8-17-18(11-13)30-12-29-17/h6,8,11,14-16H,2-5,7,9-10,12H2,1H3,(H,23,28). The van der Waals surface area contributed by atoms with Crippen molar-refractivity contribution in [2.45, 2.75) is 57.4 Å². The van der Waals surface area contributed by atoms with E-state index >= 15 is 0 Å². The number of unbranched alkanes of at least 4 members (excludes halogenated alkanes) is 2. The van der Waals surface area contributed by atoms with Gasteiger partial charge in [0.25, 0.3) is 0 Å². The number of hydrogen-bond acceptors (Lipinski definition) is 7. The Morgan fingerprint density at radius 2 is 2.03 bits per heavy atom. The number of nitrogens with one attached hydrogen (secondary N) is 1. The van der Waals surface area contributed by atoms with Crippen molar-refractivity contribution in [3.05, 3.63) is 24.1 Å². The van der Waals surface area contributed by atoms with E-state index in [9.17, 15) is 9.59 Å². The largest absolute Gasteiger partial charge is 0.454 e. The number of urea groups is 1. The molecule has 1 saturated heterocycles. The minimum absolute atomic E-state index is 0.0104. The van der Waals surface area contributed by atoms with Gasteiger partial charge in [-0.15, -0.1) is 0 Å². The summed E-state index contributed by atoms with van der Waals surface area (Å²) in [6.07, 6.45) is 4.99. The van der Waals surface area contributed by atoms with Gasteiger partial charge in [0.05, 0.1) is 5.92 Å². The smallest absolute Gasteiger partial charge is 0.324 e. The molecule has 1 aliphatic carbocycles. The van der Waals surface area contributed by atoms with Crippen LogP contribution in [-0.2, 0) is 4.79 Å². The van der Waals surface area contributed by atoms with Crippen LogP contribution >= 0.6 is 0 Å². The third kappa shape index (κ3) is 3.73. The molecule has 1 saturated carbocycles. The van der Waals surface area contributed by atoms with Gasteiger partial charge in [0.2, 0.25) is 24.4 Å². The van der Waals surface area contributed by atoms with Crippen molar-refractivity contribution in [3.63, 3.8) is 0 Å². The third-order valence-corrected chi connectivity index (χ3v) is 6.39. The van der Waals surface area contributed by atoms with Gasteiger partial charge in [-0.1, -0.05) is 24.9 Å². The number of carbonyl (C=O) groups excluding carboxylic acids is 2. The molecule has 0 radical (unpaired) electrons. The quantitative estimate of drug-likeness (QED) is 0.705. The van der Waals surface area contributed by atoms with E-state index < -0.39 is 0 Å². The van der Waals surface area contributed by atoms with Gasteiger partial charge in [0.15, 0.2) is 11.5 Å². The lowest BCUT2D eigenvalue weighted by atomic mass is 9.76. The second-order valence-electron chi connectivity index (χ2n) is 8.39. The number of nitrogens with zero attached hydrogens (tertiary/aromatic N) is 3. The van der Waals surface area contributed by atoms with E-state index in [4.69, 9.17) is 14.0 Å². The molecule has 1 N–H and O–H groups in total. The SMILES string of the molecule is CCCCCN1C(=O)NC2CC(c3nc(-c4ccc5c(c4)OCO5)no3)CCC2C1=O. The number of rotatable bonds is 6. The maximum atomic E-state index is 12.9. The zero-order valence-corrected chi connectivity index (χ0v) is 17.5. The number of fused-ring (bicyclic) bond motifs is 2. The van der Waals surface area contributed by atoms with Crippen molar-refractivity contribution < 1.29 is 23.6 Å². The van der Waals surface area contributed by atoms with Gasteiger partial charge < -0.3 is 19.3 Å². The molecule has 2 aliphatic heterocycles. The van der Waals surface area contributed by atoms with Gasteiger partial charge >= 0.3 is 6.03 Å². The molecule has 1 aromatic heterocycles. The predicted molar refractivity (Wildman–Crippen MR) is 109 cm³/mol. The van der Waals surface area contributed by atoms with Crippen LogP contribution in [0.5, 0.6) is 11.5 Å². The van der Waals surface area contributed by atoms with Crippen molar-refractivity contribution in [2.75, 3.05) is 13.3 Å². The Kier molecular flexibility index (Phi) is 5.25. The van der Waals surface area contributed by atoms with Gasteiger partial charge in [0, 0.05) is 24.1 Å². The Hall–Kier alpha value is -3.10. The van der Waals surface area contributed by atoms with Crippen LogP contribution < -0.4 is 14.8 Å². The number of carbonyl (C=O) groups is 2. The molecule has 9 heteroatoms. The fourth-order valence-electron chi connectivity index (χ4n) is 4.67. The molecular weight excluding hydrogens is 400 g/mol. The average molecular weight is 426 g/mol. The summed E-state index contributed by atoms with van der Waals surface area (Å²) in [7, 11) is 0. The summed E-state index contributed by atoms with van der Waals surface area (Å²) < 4.78 is 16.3. The van der Waals surface area contributed by atoms with Crippen molar-refractivity contribution >= 4 is 11.9 Å². The molecule has 2 aromatic rings. The van der Waals surface area contributed by atoms with E-state index in [2.05, 4.69) is 22.4 Å². The third-order valence-electron chi connectivity index (χ3n) is 6.39. The Labute approximate surface area is 180 Å². The van der Waals surface area contributed by atoms with Crippen molar-refractivity contribution in [1.82, 2.24) is 20.4 Å². The lowest BCUT2D eigenvalue weighted by Crippen LogP contribution is -2.61. The molecule has 3 atom stereocenters. The van der Waals surface area contributed by atoms with Crippen LogP contribution in [0.3, 0.4) is 0 Å². The number of imide groups is 1. The van der Waals surface area contributed by atoms with E-state index in [0.717, 1.165) is 31.2 Å². The number of hydrogen-bond donors (Lipinski definition) is 1. The first-order valence-electron chi connectivity index (χ1n) is 11.0. The first kappa shape index (κ1) is 19.8. The maximum Gasteiger partial charge on any atom is 0.324 e. The zero-order valence-electron chi connectivity index (χ0n) is 17.5. The highest BCUT2D eigenvalue weighted by atomic mass is 16.7. The molecule has 164 valence electrons. The molecule has 31 heavy (non-hydrogen) atoms. The number of benzene rings is 1. The monoisotopic (exact) mass is 426 g/mol. The predicted octanol–water partition coefficient (Wildman–Crippen LogP) is 3.46. The molecule has 5 rings (SSSR count). The first-order valence-corrected chi connectivity index (χ1v) is 11.0. The molecule has 3 amide bonds. The second-order valence-corrected chi connectivity index (χ2v) is 8.39. The summed E-state index contributed by atoms with van der Waals surface area (Å²) in [6, 6.07) is 5.05. The zero-order chi connectivity index (χ0) is 21.4. The van der Waals surface area contributed by atoms with E-state index in [-0.39, 0.29) is 36.6 Å². The molecule has 0 bridgehead atoms. The number of amides is 3. The Morgan fingerprint density at radius 1 is 1.16 bits per heavy atom. The minimum atomic E-state index is -0.283. The minimum Gasteiger partial charge on any atom is -0.454 e. The van der Waals surface area contributed by atoms with Crippen molar-refractivity contribution in [2.24, 2.45) is 5.92 Å². The Morgan fingerprint density at radius 3 is 2.90 bits per heavy atom. The molecule has 2 fully saturated rings. The lowest BCUT2D eigenvalue weighted by molar-refractivity contribution is -0.136. The molecule has 3 heterocycles. The average Bonchev–Trinajstić information content (AvgIpc) is 3.45. The maximum absolute atomic E-state index is 12.9. The van der Waals surface area contributed by atoms with Crippen LogP contribution in [0.15, 0.2) is 22.7 Å². The molecular formula is C22H26N4O5. The van der Waals surface area contributed by atoms with Crippen LogP contribution in [-0.4, -0.2) is 46.4 Å². The Balaban J connectivity index is 1.26. The summed E-state index contributed by atoms with van der Waals surface area (Å²) in [6.45, 7) is 2.81. The van der Waals surface area contributed by atoms with Gasteiger partial charge in [-0.3, -0.25) is 9.69 Å². The van der Waals surface area contributed by atoms with Crippen LogP contribution in [0.4, 0.5) is 4.79 Å². The van der Waals surface area contributed by atoms with Crippen LogP contribution in [0, 0.1) is 5.92 Å². The van der Waals surface area contributed by atoms with Gasteiger partial charge in [-0.25, -0.2) is 4.79 Å². The highest BCUT2D eigenvalue weighted by molar-refractivity contribution is 5.98. The van der Waals surface area contributed by atoms with Crippen LogP contribution in [0.1, 0.15) is 57.3 Å². The van der Waals surface area contributed by atoms with E-state index in [1.165, 1.54) is 4.90 Å². The second kappa shape index (κ2) is 8.20. The number of aromatic nitrogens is 2. The van der Waals surface area contributed by atoms with Crippen molar-refractivity contribution in [1.29, 1.82) is 0 Å². The summed E-state index contributed by atoms with van der Waals surface area (Å²) in [5.41, 5.74) is 0.789. The fourth-order valence-corrected chi connectivity index (χ4v) is 4.67. The lowest BCUT2D eigenvalue weighted by Gasteiger charge is -2.41. The van der Waals surface area contributed by atoms with Crippen LogP contribution in [0.2, 0.25) is 0 Å². The van der Waals surface area contributed by atoms with E-state index in [0.29, 0.717) is 42.6 Å².